The third-order valence-electron chi connectivity index (χ3n) is 5.41. The Morgan fingerprint density at radius 2 is 1.73 bits per heavy atom. The molecule has 0 saturated carbocycles. The Balaban J connectivity index is 1.65. The molecule has 1 aliphatic heterocycles. The van der Waals surface area contributed by atoms with Crippen LogP contribution in [0, 0.1) is 6.92 Å². The zero-order chi connectivity index (χ0) is 23.6. The van der Waals surface area contributed by atoms with Gasteiger partial charge in [-0.05, 0) is 61.7 Å². The van der Waals surface area contributed by atoms with Crippen molar-refractivity contribution in [3.05, 3.63) is 83.4 Å². The minimum Gasteiger partial charge on any atom is -0.426 e. The molecule has 7 nitrogen and oxygen atoms in total. The molecule has 0 saturated heterocycles. The quantitative estimate of drug-likeness (QED) is 0.449. The Labute approximate surface area is 193 Å². The first kappa shape index (κ1) is 22.5. The lowest BCUT2D eigenvalue weighted by atomic mass is 10.0. The molecule has 33 heavy (non-hydrogen) atoms. The van der Waals surface area contributed by atoms with Crippen molar-refractivity contribution < 1.29 is 22.7 Å². The minimum absolute atomic E-state index is 0.157. The van der Waals surface area contributed by atoms with E-state index in [9.17, 15) is 18.0 Å². The fourth-order valence-corrected chi connectivity index (χ4v) is 5.34. The van der Waals surface area contributed by atoms with E-state index in [1.807, 2.05) is 13.0 Å². The largest absolute Gasteiger partial charge is 0.426 e. The van der Waals surface area contributed by atoms with Crippen molar-refractivity contribution in [2.75, 3.05) is 16.2 Å². The maximum Gasteiger partial charge on any atom is 0.308 e. The molecular formula is C25H24N2O5S. The highest BCUT2D eigenvalue weighted by Gasteiger charge is 2.29. The molecule has 3 aromatic rings. The first-order chi connectivity index (χ1) is 15.8. The van der Waals surface area contributed by atoms with Crippen molar-refractivity contribution in [3.63, 3.8) is 0 Å². The molecular weight excluding hydrogens is 440 g/mol. The normalized spacial score (nSPS) is 13.2. The van der Waals surface area contributed by atoms with Gasteiger partial charge in [-0.15, -0.1) is 0 Å². The maximum absolute atomic E-state index is 13.4. The summed E-state index contributed by atoms with van der Waals surface area (Å²) in [5, 5.41) is 2.79. The van der Waals surface area contributed by atoms with Gasteiger partial charge in [0.15, 0.2) is 0 Å². The van der Waals surface area contributed by atoms with E-state index in [1.165, 1.54) is 11.2 Å². The van der Waals surface area contributed by atoms with E-state index in [4.69, 9.17) is 4.74 Å². The first-order valence-corrected chi connectivity index (χ1v) is 12.0. The number of amides is 1. The molecule has 0 radical (unpaired) electrons. The highest BCUT2D eigenvalue weighted by Crippen LogP contribution is 2.34. The van der Waals surface area contributed by atoms with Gasteiger partial charge < -0.3 is 10.1 Å². The zero-order valence-electron chi connectivity index (χ0n) is 18.4. The topological polar surface area (TPSA) is 92.8 Å². The van der Waals surface area contributed by atoms with Crippen LogP contribution in [0.1, 0.15) is 34.8 Å². The zero-order valence-corrected chi connectivity index (χ0v) is 19.2. The SMILES string of the molecule is CC(=O)Oc1ccccc1C(=O)Nc1ccc2c(c1)N(S(=O)(=O)c1ccc(C)cc1)CCC2. The number of fused-ring (bicyclic) bond motifs is 1. The summed E-state index contributed by atoms with van der Waals surface area (Å²) in [4.78, 5) is 24.5. The van der Waals surface area contributed by atoms with Crippen LogP contribution in [0.25, 0.3) is 0 Å². The molecule has 0 unspecified atom stereocenters. The summed E-state index contributed by atoms with van der Waals surface area (Å²) in [5.41, 5.74) is 3.08. The second-order valence-electron chi connectivity index (χ2n) is 7.88. The van der Waals surface area contributed by atoms with Gasteiger partial charge in [0, 0.05) is 19.2 Å². The van der Waals surface area contributed by atoms with Crippen molar-refractivity contribution >= 4 is 33.3 Å². The Morgan fingerprint density at radius 3 is 2.45 bits per heavy atom. The molecule has 0 aromatic heterocycles. The third kappa shape index (κ3) is 4.75. The molecule has 3 aromatic carbocycles. The number of anilines is 2. The van der Waals surface area contributed by atoms with Crippen molar-refractivity contribution in [2.24, 2.45) is 0 Å². The summed E-state index contributed by atoms with van der Waals surface area (Å²) < 4.78 is 33.2. The number of nitrogens with one attached hydrogen (secondary N) is 1. The lowest BCUT2D eigenvalue weighted by Gasteiger charge is -2.31. The van der Waals surface area contributed by atoms with E-state index in [0.29, 0.717) is 24.3 Å². The average Bonchev–Trinajstić information content (AvgIpc) is 2.79. The number of benzene rings is 3. The number of hydrogen-bond donors (Lipinski definition) is 1. The van der Waals surface area contributed by atoms with Crippen LogP contribution in [0.5, 0.6) is 5.75 Å². The van der Waals surface area contributed by atoms with Crippen LogP contribution in [0.2, 0.25) is 0 Å². The first-order valence-electron chi connectivity index (χ1n) is 10.6. The highest BCUT2D eigenvalue weighted by molar-refractivity contribution is 7.92. The van der Waals surface area contributed by atoms with E-state index < -0.39 is 21.9 Å². The van der Waals surface area contributed by atoms with E-state index in [2.05, 4.69) is 5.32 Å². The molecule has 170 valence electrons. The predicted octanol–water partition coefficient (Wildman–Crippen LogP) is 4.31. The molecule has 0 aliphatic carbocycles. The van der Waals surface area contributed by atoms with E-state index in [0.717, 1.165) is 17.5 Å². The number of carbonyl (C=O) groups is 2. The van der Waals surface area contributed by atoms with Crippen molar-refractivity contribution in [2.45, 2.75) is 31.6 Å². The second kappa shape index (κ2) is 9.07. The molecule has 0 spiro atoms. The van der Waals surface area contributed by atoms with Gasteiger partial charge in [-0.3, -0.25) is 13.9 Å². The molecule has 1 amide bonds. The molecule has 0 bridgehead atoms. The van der Waals surface area contributed by atoms with Gasteiger partial charge in [-0.2, -0.15) is 0 Å². The summed E-state index contributed by atoms with van der Waals surface area (Å²) >= 11 is 0. The molecule has 0 fully saturated rings. The third-order valence-corrected chi connectivity index (χ3v) is 7.24. The van der Waals surface area contributed by atoms with Gasteiger partial charge in [0.1, 0.15) is 5.75 Å². The smallest absolute Gasteiger partial charge is 0.308 e. The number of aryl methyl sites for hydroxylation is 2. The average molecular weight is 465 g/mol. The summed E-state index contributed by atoms with van der Waals surface area (Å²) in [6, 6.07) is 18.4. The monoisotopic (exact) mass is 464 g/mol. The van der Waals surface area contributed by atoms with Gasteiger partial charge in [0.05, 0.1) is 16.1 Å². The van der Waals surface area contributed by atoms with Crippen LogP contribution >= 0.6 is 0 Å². The maximum atomic E-state index is 13.4. The number of esters is 1. The highest BCUT2D eigenvalue weighted by atomic mass is 32.2. The fourth-order valence-electron chi connectivity index (χ4n) is 3.80. The summed E-state index contributed by atoms with van der Waals surface area (Å²) in [6.07, 6.45) is 1.46. The van der Waals surface area contributed by atoms with Crippen molar-refractivity contribution in [1.29, 1.82) is 0 Å². The molecule has 4 rings (SSSR count). The summed E-state index contributed by atoms with van der Waals surface area (Å²) in [7, 11) is -3.75. The predicted molar refractivity (Wildman–Crippen MR) is 126 cm³/mol. The van der Waals surface area contributed by atoms with E-state index >= 15 is 0 Å². The van der Waals surface area contributed by atoms with Crippen LogP contribution in [0.15, 0.2) is 71.6 Å². The second-order valence-corrected chi connectivity index (χ2v) is 9.74. The number of sulfonamides is 1. The number of rotatable bonds is 5. The van der Waals surface area contributed by atoms with Crippen LogP contribution in [-0.2, 0) is 21.2 Å². The van der Waals surface area contributed by atoms with Crippen molar-refractivity contribution in [1.82, 2.24) is 0 Å². The molecule has 0 atom stereocenters. The Hall–Kier alpha value is -3.65. The van der Waals surface area contributed by atoms with Crippen molar-refractivity contribution in [3.8, 4) is 5.75 Å². The molecule has 8 heteroatoms. The Bertz CT molecular complexity index is 1320. The number of nitrogens with zero attached hydrogens (tertiary/aromatic N) is 1. The van der Waals surface area contributed by atoms with Crippen LogP contribution < -0.4 is 14.4 Å². The fraction of sp³-hybridized carbons (Fsp3) is 0.200. The Morgan fingerprint density at radius 1 is 1.00 bits per heavy atom. The lowest BCUT2D eigenvalue weighted by molar-refractivity contribution is -0.131. The lowest BCUT2D eigenvalue weighted by Crippen LogP contribution is -2.35. The summed E-state index contributed by atoms with van der Waals surface area (Å²) in [5.74, 6) is -0.833. The van der Waals surface area contributed by atoms with Crippen LogP contribution in [0.4, 0.5) is 11.4 Å². The summed E-state index contributed by atoms with van der Waals surface area (Å²) in [6.45, 7) is 3.53. The minimum atomic E-state index is -3.75. The van der Waals surface area contributed by atoms with Crippen LogP contribution in [0.3, 0.4) is 0 Å². The van der Waals surface area contributed by atoms with Crippen LogP contribution in [-0.4, -0.2) is 26.8 Å². The molecule has 1 N–H and O–H groups in total. The number of ether oxygens (including phenoxy) is 1. The van der Waals surface area contributed by atoms with E-state index in [1.54, 1.807) is 60.7 Å². The van der Waals surface area contributed by atoms with E-state index in [-0.39, 0.29) is 16.2 Å². The number of carbonyl (C=O) groups excluding carboxylic acids is 2. The van der Waals surface area contributed by atoms with Gasteiger partial charge in [-0.1, -0.05) is 35.9 Å². The number of hydrogen-bond acceptors (Lipinski definition) is 5. The van der Waals surface area contributed by atoms with Gasteiger partial charge in [-0.25, -0.2) is 8.42 Å². The van der Waals surface area contributed by atoms with Gasteiger partial charge in [0.2, 0.25) is 0 Å². The molecule has 1 aliphatic rings. The Kier molecular flexibility index (Phi) is 6.20. The standard InChI is InChI=1S/C25H24N2O5S/c1-17-9-13-21(14-10-17)33(30,31)27-15-5-6-19-11-12-20(16-23(19)27)26-25(29)22-7-3-4-8-24(22)32-18(2)28/h3-4,7-14,16H,5-6,15H2,1-2H3,(H,26,29). The number of para-hydroxylation sites is 1. The van der Waals surface area contributed by atoms with Gasteiger partial charge in [0.25, 0.3) is 15.9 Å². The van der Waals surface area contributed by atoms with Gasteiger partial charge >= 0.3 is 5.97 Å². The molecule has 1 heterocycles.